The predicted octanol–water partition coefficient (Wildman–Crippen LogP) is 5.31. The predicted molar refractivity (Wildman–Crippen MR) is 117 cm³/mol. The molecule has 1 heterocycles. The van der Waals surface area contributed by atoms with Crippen LogP contribution in [0.3, 0.4) is 0 Å². The van der Waals surface area contributed by atoms with Crippen molar-refractivity contribution in [3.05, 3.63) is 60.7 Å². The highest BCUT2D eigenvalue weighted by molar-refractivity contribution is 5.67. The Bertz CT molecular complexity index is 900. The van der Waals surface area contributed by atoms with Crippen LogP contribution in [0, 0.1) is 0 Å². The van der Waals surface area contributed by atoms with Gasteiger partial charge in [0.15, 0.2) is 0 Å². The molecule has 28 heavy (non-hydrogen) atoms. The Morgan fingerprint density at radius 2 is 1.64 bits per heavy atom. The molecule has 2 N–H and O–H groups in total. The van der Waals surface area contributed by atoms with Crippen LogP contribution < -0.4 is 15.5 Å². The summed E-state index contributed by atoms with van der Waals surface area (Å²) < 4.78 is 0. The zero-order chi connectivity index (χ0) is 19.3. The van der Waals surface area contributed by atoms with Gasteiger partial charge in [-0.2, -0.15) is 4.98 Å². The molecule has 1 saturated carbocycles. The fraction of sp³-hybridized carbons (Fsp3) is 0.304. The highest BCUT2D eigenvalue weighted by Crippen LogP contribution is 2.28. The molecule has 0 spiro atoms. The van der Waals surface area contributed by atoms with Gasteiger partial charge in [-0.1, -0.05) is 30.3 Å². The third-order valence-corrected chi connectivity index (χ3v) is 4.98. The maximum absolute atomic E-state index is 4.74. The molecule has 2 aromatic carbocycles. The molecule has 0 saturated heterocycles. The lowest BCUT2D eigenvalue weighted by atomic mass is 10.1. The highest BCUT2D eigenvalue weighted by atomic mass is 15.2. The second kappa shape index (κ2) is 8.30. The zero-order valence-electron chi connectivity index (χ0n) is 16.5. The van der Waals surface area contributed by atoms with Crippen molar-refractivity contribution >= 4 is 23.1 Å². The van der Waals surface area contributed by atoms with Crippen molar-refractivity contribution in [3.8, 4) is 11.3 Å². The molecular weight excluding hydrogens is 346 g/mol. The summed E-state index contributed by atoms with van der Waals surface area (Å²) >= 11 is 0. The molecule has 0 amide bonds. The number of nitrogens with zero attached hydrogens (tertiary/aromatic N) is 3. The molecule has 5 nitrogen and oxygen atoms in total. The van der Waals surface area contributed by atoms with Gasteiger partial charge in [-0.15, -0.1) is 0 Å². The first-order valence-corrected chi connectivity index (χ1v) is 10.1. The Hall–Kier alpha value is -3.08. The summed E-state index contributed by atoms with van der Waals surface area (Å²) in [6, 6.07) is 21.2. The molecule has 5 heteroatoms. The second-order valence-corrected chi connectivity index (χ2v) is 7.09. The van der Waals surface area contributed by atoms with Crippen LogP contribution in [-0.4, -0.2) is 29.1 Å². The SMILES string of the molecule is CCN(CC)c1ccc(Nc2nc(NC3CC3)cc(-c3ccccc3)n2)cc1. The molecule has 1 fully saturated rings. The van der Waals surface area contributed by atoms with Gasteiger partial charge in [0.2, 0.25) is 5.95 Å². The van der Waals surface area contributed by atoms with Crippen LogP contribution >= 0.6 is 0 Å². The molecule has 1 aromatic heterocycles. The largest absolute Gasteiger partial charge is 0.372 e. The van der Waals surface area contributed by atoms with E-state index >= 15 is 0 Å². The van der Waals surface area contributed by atoms with Crippen LogP contribution in [0.1, 0.15) is 26.7 Å². The van der Waals surface area contributed by atoms with E-state index in [4.69, 9.17) is 4.98 Å². The maximum Gasteiger partial charge on any atom is 0.229 e. The van der Waals surface area contributed by atoms with E-state index in [1.54, 1.807) is 0 Å². The fourth-order valence-electron chi connectivity index (χ4n) is 3.24. The van der Waals surface area contributed by atoms with Crippen LogP contribution in [-0.2, 0) is 0 Å². The van der Waals surface area contributed by atoms with Crippen molar-refractivity contribution in [1.82, 2.24) is 9.97 Å². The Morgan fingerprint density at radius 3 is 2.29 bits per heavy atom. The Labute approximate surface area is 166 Å². The number of anilines is 4. The van der Waals surface area contributed by atoms with Gasteiger partial charge in [0.1, 0.15) is 5.82 Å². The average Bonchev–Trinajstić information content (AvgIpc) is 3.55. The topological polar surface area (TPSA) is 53.1 Å². The van der Waals surface area contributed by atoms with E-state index in [1.165, 1.54) is 18.5 Å². The lowest BCUT2D eigenvalue weighted by Gasteiger charge is -2.21. The van der Waals surface area contributed by atoms with Crippen molar-refractivity contribution in [1.29, 1.82) is 0 Å². The number of hydrogen-bond acceptors (Lipinski definition) is 5. The fourth-order valence-corrected chi connectivity index (χ4v) is 3.24. The lowest BCUT2D eigenvalue weighted by molar-refractivity contribution is 0.866. The van der Waals surface area contributed by atoms with Crippen molar-refractivity contribution in [2.75, 3.05) is 28.6 Å². The number of nitrogens with one attached hydrogen (secondary N) is 2. The monoisotopic (exact) mass is 373 g/mol. The van der Waals surface area contributed by atoms with Gasteiger partial charge < -0.3 is 15.5 Å². The summed E-state index contributed by atoms with van der Waals surface area (Å²) in [5.74, 6) is 1.48. The summed E-state index contributed by atoms with van der Waals surface area (Å²) in [6.45, 7) is 6.35. The molecule has 144 valence electrons. The van der Waals surface area contributed by atoms with Gasteiger partial charge in [0.05, 0.1) is 5.69 Å². The molecular formula is C23H27N5. The normalized spacial score (nSPS) is 13.2. The number of rotatable bonds is 8. The van der Waals surface area contributed by atoms with Gasteiger partial charge >= 0.3 is 0 Å². The number of benzene rings is 2. The molecule has 0 bridgehead atoms. The van der Waals surface area contributed by atoms with Gasteiger partial charge in [0, 0.05) is 42.1 Å². The van der Waals surface area contributed by atoms with E-state index in [0.717, 1.165) is 35.9 Å². The van der Waals surface area contributed by atoms with Crippen LogP contribution in [0.4, 0.5) is 23.1 Å². The Morgan fingerprint density at radius 1 is 0.929 bits per heavy atom. The van der Waals surface area contributed by atoms with Crippen molar-refractivity contribution in [2.24, 2.45) is 0 Å². The lowest BCUT2D eigenvalue weighted by Crippen LogP contribution is -2.21. The van der Waals surface area contributed by atoms with Crippen LogP contribution in [0.2, 0.25) is 0 Å². The number of hydrogen-bond donors (Lipinski definition) is 2. The van der Waals surface area contributed by atoms with Crippen LogP contribution in [0.25, 0.3) is 11.3 Å². The molecule has 4 rings (SSSR count). The minimum absolute atomic E-state index is 0.541. The molecule has 0 atom stereocenters. The highest BCUT2D eigenvalue weighted by Gasteiger charge is 2.22. The summed E-state index contributed by atoms with van der Waals surface area (Å²) in [5, 5.41) is 6.86. The Kier molecular flexibility index (Phi) is 5.42. The molecule has 1 aliphatic rings. The third kappa shape index (κ3) is 4.42. The summed E-state index contributed by atoms with van der Waals surface area (Å²) in [5.41, 5.74) is 4.22. The van der Waals surface area contributed by atoms with Gasteiger partial charge in [-0.3, -0.25) is 0 Å². The summed E-state index contributed by atoms with van der Waals surface area (Å²) in [6.07, 6.45) is 2.42. The average molecular weight is 374 g/mol. The third-order valence-electron chi connectivity index (χ3n) is 4.98. The first-order valence-electron chi connectivity index (χ1n) is 10.1. The first-order chi connectivity index (χ1) is 13.7. The summed E-state index contributed by atoms with van der Waals surface area (Å²) in [4.78, 5) is 11.8. The van der Waals surface area contributed by atoms with Crippen molar-refractivity contribution in [2.45, 2.75) is 32.7 Å². The van der Waals surface area contributed by atoms with E-state index in [-0.39, 0.29) is 0 Å². The standard InChI is InChI=1S/C23H27N5/c1-3-28(4-2)20-14-12-19(13-15-20)25-23-26-21(17-8-6-5-7-9-17)16-22(27-23)24-18-10-11-18/h5-9,12-16,18H,3-4,10-11H2,1-2H3,(H2,24,25,26,27). The second-order valence-electron chi connectivity index (χ2n) is 7.09. The maximum atomic E-state index is 4.74. The number of aromatic nitrogens is 2. The summed E-state index contributed by atoms with van der Waals surface area (Å²) in [7, 11) is 0. The zero-order valence-corrected chi connectivity index (χ0v) is 16.5. The molecule has 0 radical (unpaired) electrons. The molecule has 0 unspecified atom stereocenters. The molecule has 0 aliphatic heterocycles. The van der Waals surface area contributed by atoms with Gasteiger partial charge in [-0.25, -0.2) is 4.98 Å². The van der Waals surface area contributed by atoms with E-state index in [0.29, 0.717) is 12.0 Å². The van der Waals surface area contributed by atoms with Crippen LogP contribution in [0.5, 0.6) is 0 Å². The quantitative estimate of drug-likeness (QED) is 0.560. The smallest absolute Gasteiger partial charge is 0.229 e. The first kappa shape index (κ1) is 18.3. The minimum Gasteiger partial charge on any atom is -0.372 e. The van der Waals surface area contributed by atoms with Crippen molar-refractivity contribution < 1.29 is 0 Å². The molecule has 3 aromatic rings. The van der Waals surface area contributed by atoms with E-state index in [1.807, 2.05) is 24.3 Å². The van der Waals surface area contributed by atoms with Crippen LogP contribution in [0.15, 0.2) is 60.7 Å². The van der Waals surface area contributed by atoms with E-state index in [9.17, 15) is 0 Å². The molecule has 1 aliphatic carbocycles. The van der Waals surface area contributed by atoms with E-state index in [2.05, 4.69) is 70.8 Å². The van der Waals surface area contributed by atoms with Crippen molar-refractivity contribution in [3.63, 3.8) is 0 Å². The Balaban J connectivity index is 1.59. The van der Waals surface area contributed by atoms with Gasteiger partial charge in [0.25, 0.3) is 0 Å². The van der Waals surface area contributed by atoms with Gasteiger partial charge in [-0.05, 0) is 51.0 Å². The van der Waals surface area contributed by atoms with E-state index < -0.39 is 0 Å². The minimum atomic E-state index is 0.541.